The molecule has 1 heterocycles. The lowest BCUT2D eigenvalue weighted by Gasteiger charge is -2.38. The van der Waals surface area contributed by atoms with Gasteiger partial charge in [0.25, 0.3) is 0 Å². The fourth-order valence-corrected chi connectivity index (χ4v) is 8.74. The average Bonchev–Trinajstić information content (AvgIpc) is 3.80. The van der Waals surface area contributed by atoms with E-state index in [1.54, 1.807) is 0 Å². The van der Waals surface area contributed by atoms with Crippen molar-refractivity contribution in [3.8, 4) is 0 Å². The van der Waals surface area contributed by atoms with Crippen molar-refractivity contribution < 1.29 is 31.1 Å². The quantitative estimate of drug-likeness (QED) is 0.156. The average molecular weight is 599 g/mol. The van der Waals surface area contributed by atoms with Crippen LogP contribution in [0.1, 0.15) is 130 Å². The summed E-state index contributed by atoms with van der Waals surface area (Å²) in [5.41, 5.74) is -3.31. The molecule has 0 spiro atoms. The summed E-state index contributed by atoms with van der Waals surface area (Å²) in [6, 6.07) is 1.28. The number of epoxide rings is 1. The predicted octanol–water partition coefficient (Wildman–Crippen LogP) is 11.4. The predicted molar refractivity (Wildman–Crippen MR) is 154 cm³/mol. The Kier molecular flexibility index (Phi) is 10.1. The van der Waals surface area contributed by atoms with E-state index >= 15 is 0 Å². The third kappa shape index (κ3) is 7.77. The highest BCUT2D eigenvalue weighted by molar-refractivity contribution is 5.50. The van der Waals surface area contributed by atoms with Gasteiger partial charge in [0.2, 0.25) is 0 Å². The standard InChI is InChI=1S/C35H48F6O/c1-3-23-4-6-24(7-5-23)8-9-25-10-15-27(16-11-25)28-17-12-26(13-18-28)14-19-29-22(2)20-30(31-21-42-31)33(35(39,40)41)32(29)34(36,37)38/h3,20,23-28,31H,1,4-19,21H2,2H3. The molecule has 1 aliphatic heterocycles. The molecule has 1 aromatic rings. The summed E-state index contributed by atoms with van der Waals surface area (Å²) in [7, 11) is 0. The number of halogens is 6. The first-order valence-electron chi connectivity index (χ1n) is 16.5. The van der Waals surface area contributed by atoms with E-state index in [9.17, 15) is 26.3 Å². The van der Waals surface area contributed by atoms with Gasteiger partial charge in [0, 0.05) is 0 Å². The van der Waals surface area contributed by atoms with Gasteiger partial charge in [-0.1, -0.05) is 50.7 Å². The van der Waals surface area contributed by atoms with Gasteiger partial charge in [-0.3, -0.25) is 0 Å². The highest BCUT2D eigenvalue weighted by Crippen LogP contribution is 2.50. The third-order valence-electron chi connectivity index (χ3n) is 11.4. The summed E-state index contributed by atoms with van der Waals surface area (Å²) in [6.45, 7) is 5.50. The Labute approximate surface area is 247 Å². The Morgan fingerprint density at radius 3 is 1.60 bits per heavy atom. The van der Waals surface area contributed by atoms with Crippen molar-refractivity contribution in [1.82, 2.24) is 0 Å². The Bertz CT molecular complexity index is 1050. The van der Waals surface area contributed by atoms with Crippen LogP contribution in [-0.2, 0) is 23.5 Å². The monoisotopic (exact) mass is 598 g/mol. The number of rotatable bonds is 9. The number of aryl methyl sites for hydroxylation is 1. The van der Waals surface area contributed by atoms with Crippen molar-refractivity contribution in [3.63, 3.8) is 0 Å². The van der Waals surface area contributed by atoms with Gasteiger partial charge >= 0.3 is 12.4 Å². The molecule has 3 aliphatic carbocycles. The zero-order valence-corrected chi connectivity index (χ0v) is 25.1. The van der Waals surface area contributed by atoms with Gasteiger partial charge in [-0.25, -0.2) is 0 Å². The van der Waals surface area contributed by atoms with E-state index in [1.165, 1.54) is 77.2 Å². The van der Waals surface area contributed by atoms with E-state index in [-0.39, 0.29) is 35.6 Å². The summed E-state index contributed by atoms with van der Waals surface area (Å²) in [5.74, 6) is 4.21. The molecule has 0 N–H and O–H groups in total. The molecule has 0 aromatic heterocycles. The molecule has 1 unspecified atom stereocenters. The fraction of sp³-hybridized carbons (Fsp3) is 0.771. The van der Waals surface area contributed by atoms with E-state index < -0.39 is 29.6 Å². The molecule has 0 amide bonds. The summed E-state index contributed by atoms with van der Waals surface area (Å²) in [4.78, 5) is 0. The van der Waals surface area contributed by atoms with E-state index in [4.69, 9.17) is 4.74 Å². The van der Waals surface area contributed by atoms with Crippen molar-refractivity contribution in [2.75, 3.05) is 6.61 Å². The first-order valence-corrected chi connectivity index (χ1v) is 16.5. The van der Waals surface area contributed by atoms with Crippen molar-refractivity contribution in [3.05, 3.63) is 46.5 Å². The van der Waals surface area contributed by atoms with Crippen LogP contribution in [0.25, 0.3) is 0 Å². The maximum atomic E-state index is 14.2. The first kappa shape index (κ1) is 31.9. The van der Waals surface area contributed by atoms with Gasteiger partial charge in [-0.05, 0) is 123 Å². The normalized spacial score (nSPS) is 32.5. The molecule has 0 radical (unpaired) electrons. The second kappa shape index (κ2) is 13.2. The maximum Gasteiger partial charge on any atom is 0.417 e. The van der Waals surface area contributed by atoms with Crippen LogP contribution in [0.3, 0.4) is 0 Å². The molecule has 4 fully saturated rings. The molecule has 0 bridgehead atoms. The van der Waals surface area contributed by atoms with Gasteiger partial charge in [-0.15, -0.1) is 6.58 Å². The van der Waals surface area contributed by atoms with E-state index in [0.29, 0.717) is 12.3 Å². The Balaban J connectivity index is 1.10. The molecule has 1 aromatic carbocycles. The molecule has 236 valence electrons. The van der Waals surface area contributed by atoms with Gasteiger partial charge in [0.1, 0.15) is 6.10 Å². The highest BCUT2D eigenvalue weighted by atomic mass is 19.4. The lowest BCUT2D eigenvalue weighted by atomic mass is 9.67. The molecule has 42 heavy (non-hydrogen) atoms. The van der Waals surface area contributed by atoms with Gasteiger partial charge in [0.05, 0.1) is 17.7 Å². The number of hydrogen-bond donors (Lipinski definition) is 0. The van der Waals surface area contributed by atoms with Crippen LogP contribution in [-0.4, -0.2) is 6.61 Å². The van der Waals surface area contributed by atoms with Gasteiger partial charge in [0.15, 0.2) is 0 Å². The number of ether oxygens (including phenoxy) is 1. The summed E-state index contributed by atoms with van der Waals surface area (Å²) in [5, 5.41) is 0. The summed E-state index contributed by atoms with van der Waals surface area (Å²) < 4.78 is 89.4. The molecule has 4 aliphatic rings. The third-order valence-corrected chi connectivity index (χ3v) is 11.4. The van der Waals surface area contributed by atoms with Crippen molar-refractivity contribution in [1.29, 1.82) is 0 Å². The van der Waals surface area contributed by atoms with Gasteiger partial charge in [-0.2, -0.15) is 26.3 Å². The Morgan fingerprint density at radius 1 is 0.714 bits per heavy atom. The SMILES string of the molecule is C=CC1CCC(CCC2CCC(C3CCC(CCc4c(C)cc(C5CO5)c(C(F)(F)F)c4C(F)(F)F)CC3)CC2)CC1. The fourth-order valence-electron chi connectivity index (χ4n) is 8.74. The van der Waals surface area contributed by atoms with Crippen LogP contribution < -0.4 is 0 Å². The van der Waals surface area contributed by atoms with Crippen LogP contribution in [0.4, 0.5) is 26.3 Å². The first-order chi connectivity index (χ1) is 19.9. The zero-order valence-electron chi connectivity index (χ0n) is 25.1. The highest BCUT2D eigenvalue weighted by Gasteiger charge is 2.49. The van der Waals surface area contributed by atoms with E-state index in [0.717, 1.165) is 49.4 Å². The second-order valence-electron chi connectivity index (χ2n) is 14.0. The molecule has 1 nitrogen and oxygen atoms in total. The van der Waals surface area contributed by atoms with Crippen molar-refractivity contribution in [2.45, 2.75) is 128 Å². The largest absolute Gasteiger partial charge is 0.417 e. The molecule has 3 saturated carbocycles. The molecular weight excluding hydrogens is 550 g/mol. The molecule has 1 atom stereocenters. The molecule has 5 rings (SSSR count). The maximum absolute atomic E-state index is 14.2. The van der Waals surface area contributed by atoms with Crippen LogP contribution >= 0.6 is 0 Å². The van der Waals surface area contributed by atoms with E-state index in [2.05, 4.69) is 12.7 Å². The minimum atomic E-state index is -5.09. The van der Waals surface area contributed by atoms with E-state index in [1.807, 2.05) is 0 Å². The second-order valence-corrected chi connectivity index (χ2v) is 14.0. The summed E-state index contributed by atoms with van der Waals surface area (Å²) in [6.07, 6.45) is 9.09. The van der Waals surface area contributed by atoms with Crippen molar-refractivity contribution in [2.24, 2.45) is 35.5 Å². The Morgan fingerprint density at radius 2 is 1.17 bits per heavy atom. The lowest BCUT2D eigenvalue weighted by Crippen LogP contribution is -2.26. The van der Waals surface area contributed by atoms with Crippen LogP contribution in [0, 0.1) is 42.4 Å². The topological polar surface area (TPSA) is 12.5 Å². The summed E-state index contributed by atoms with van der Waals surface area (Å²) >= 11 is 0. The van der Waals surface area contributed by atoms with Gasteiger partial charge < -0.3 is 4.74 Å². The minimum Gasteiger partial charge on any atom is -0.368 e. The number of allylic oxidation sites excluding steroid dienone is 1. The van der Waals surface area contributed by atoms with Crippen LogP contribution in [0.2, 0.25) is 0 Å². The number of alkyl halides is 6. The smallest absolute Gasteiger partial charge is 0.368 e. The van der Waals surface area contributed by atoms with Crippen LogP contribution in [0.5, 0.6) is 0 Å². The molecular formula is C35H48F6O. The Hall–Kier alpha value is -1.50. The molecule has 7 heteroatoms. The van der Waals surface area contributed by atoms with Crippen molar-refractivity contribution >= 4 is 0 Å². The lowest BCUT2D eigenvalue weighted by molar-refractivity contribution is -0.163. The zero-order chi connectivity index (χ0) is 30.1. The minimum absolute atomic E-state index is 0.0291. The number of hydrogen-bond acceptors (Lipinski definition) is 1. The molecule has 1 saturated heterocycles. The van der Waals surface area contributed by atoms with Crippen LogP contribution in [0.15, 0.2) is 18.7 Å². The number of benzene rings is 1.